The summed E-state index contributed by atoms with van der Waals surface area (Å²) in [6.45, 7) is 4.83. The highest BCUT2D eigenvalue weighted by molar-refractivity contribution is 6.05. The van der Waals surface area contributed by atoms with Crippen LogP contribution in [0, 0.1) is 0 Å². The summed E-state index contributed by atoms with van der Waals surface area (Å²) in [5, 5.41) is 6.32. The average molecular weight is 447 g/mol. The number of halogens is 3. The van der Waals surface area contributed by atoms with E-state index in [-0.39, 0.29) is 11.4 Å². The number of nitrogens with one attached hydrogen (secondary N) is 1. The summed E-state index contributed by atoms with van der Waals surface area (Å²) in [6, 6.07) is 12.5. The van der Waals surface area contributed by atoms with Crippen LogP contribution in [0.15, 0.2) is 54.7 Å². The van der Waals surface area contributed by atoms with Crippen LogP contribution in [0.4, 0.5) is 18.9 Å². The van der Waals surface area contributed by atoms with E-state index in [1.807, 2.05) is 13.8 Å². The first kappa shape index (κ1) is 23.2. The molecule has 6 nitrogen and oxygen atoms in total. The summed E-state index contributed by atoms with van der Waals surface area (Å²) in [4.78, 5) is 12.8. The number of aromatic nitrogens is 2. The van der Waals surface area contributed by atoms with Crippen molar-refractivity contribution in [3.05, 3.63) is 66.0 Å². The van der Waals surface area contributed by atoms with Gasteiger partial charge in [-0.15, -0.1) is 0 Å². The van der Waals surface area contributed by atoms with Gasteiger partial charge in [0.1, 0.15) is 0 Å². The van der Waals surface area contributed by atoms with Gasteiger partial charge in [0.15, 0.2) is 17.2 Å². The van der Waals surface area contributed by atoms with E-state index in [4.69, 9.17) is 9.47 Å². The van der Waals surface area contributed by atoms with Gasteiger partial charge in [0, 0.05) is 11.8 Å². The number of ether oxygens (including phenoxy) is 2. The Morgan fingerprint density at radius 1 is 1.00 bits per heavy atom. The van der Waals surface area contributed by atoms with E-state index in [9.17, 15) is 18.0 Å². The van der Waals surface area contributed by atoms with Crippen LogP contribution in [-0.2, 0) is 6.18 Å². The number of hydrogen-bond acceptors (Lipinski definition) is 4. The van der Waals surface area contributed by atoms with Crippen LogP contribution >= 0.6 is 0 Å². The van der Waals surface area contributed by atoms with Crippen molar-refractivity contribution in [3.63, 3.8) is 0 Å². The monoisotopic (exact) mass is 447 g/mol. The van der Waals surface area contributed by atoms with Crippen LogP contribution in [0.2, 0.25) is 0 Å². The summed E-state index contributed by atoms with van der Waals surface area (Å²) in [7, 11) is 0. The van der Waals surface area contributed by atoms with Gasteiger partial charge in [-0.2, -0.15) is 18.3 Å². The van der Waals surface area contributed by atoms with E-state index in [2.05, 4.69) is 10.4 Å². The van der Waals surface area contributed by atoms with Gasteiger partial charge in [0.25, 0.3) is 5.91 Å². The summed E-state index contributed by atoms with van der Waals surface area (Å²) in [5.74, 6) is -0.0107. The second kappa shape index (κ2) is 10.2. The molecule has 1 amide bonds. The third-order valence-electron chi connectivity index (χ3n) is 4.41. The van der Waals surface area contributed by atoms with Gasteiger partial charge in [0.2, 0.25) is 0 Å². The lowest BCUT2D eigenvalue weighted by Crippen LogP contribution is -2.20. The van der Waals surface area contributed by atoms with E-state index in [1.165, 1.54) is 18.2 Å². The molecule has 1 N–H and O–H groups in total. The maximum atomic E-state index is 13.8. The highest BCUT2D eigenvalue weighted by atomic mass is 19.4. The van der Waals surface area contributed by atoms with Gasteiger partial charge in [-0.05, 0) is 37.1 Å². The maximum Gasteiger partial charge on any atom is 0.434 e. The van der Waals surface area contributed by atoms with Gasteiger partial charge in [-0.1, -0.05) is 32.0 Å². The predicted octanol–water partition coefficient (Wildman–Crippen LogP) is 5.72. The number of anilines is 1. The van der Waals surface area contributed by atoms with Gasteiger partial charge >= 0.3 is 6.18 Å². The lowest BCUT2D eigenvalue weighted by molar-refractivity contribution is -0.143. The number of rotatable bonds is 9. The normalized spacial score (nSPS) is 11.3. The molecule has 0 radical (unpaired) electrons. The van der Waals surface area contributed by atoms with Crippen LogP contribution in [-0.4, -0.2) is 28.9 Å². The molecule has 0 spiro atoms. The fourth-order valence-corrected chi connectivity index (χ4v) is 2.99. The third-order valence-corrected chi connectivity index (χ3v) is 4.41. The first-order valence-corrected chi connectivity index (χ1v) is 10.3. The third kappa shape index (κ3) is 5.40. The lowest BCUT2D eigenvalue weighted by Gasteiger charge is -2.15. The topological polar surface area (TPSA) is 65.4 Å². The number of para-hydroxylation sites is 1. The van der Waals surface area contributed by atoms with E-state index in [1.54, 1.807) is 30.3 Å². The Balaban J connectivity index is 1.91. The Morgan fingerprint density at radius 3 is 2.28 bits per heavy atom. The van der Waals surface area contributed by atoms with Gasteiger partial charge < -0.3 is 14.8 Å². The quantitative estimate of drug-likeness (QED) is 0.456. The molecule has 3 rings (SSSR count). The first-order valence-electron chi connectivity index (χ1n) is 10.3. The summed E-state index contributed by atoms with van der Waals surface area (Å²) >= 11 is 0. The van der Waals surface area contributed by atoms with Crippen LogP contribution in [0.3, 0.4) is 0 Å². The zero-order valence-corrected chi connectivity index (χ0v) is 17.8. The second-order valence-electron chi connectivity index (χ2n) is 6.96. The number of carbonyl (C=O) groups excluding carboxylic acids is 1. The van der Waals surface area contributed by atoms with Crippen molar-refractivity contribution in [1.29, 1.82) is 0 Å². The van der Waals surface area contributed by atoms with Crippen LogP contribution in [0.5, 0.6) is 11.5 Å². The predicted molar refractivity (Wildman–Crippen MR) is 115 cm³/mol. The smallest absolute Gasteiger partial charge is 0.434 e. The second-order valence-corrected chi connectivity index (χ2v) is 6.96. The highest BCUT2D eigenvalue weighted by Crippen LogP contribution is 2.35. The van der Waals surface area contributed by atoms with Crippen molar-refractivity contribution >= 4 is 11.6 Å². The molecule has 1 aromatic heterocycles. The Hall–Kier alpha value is -3.49. The molecule has 0 bridgehead atoms. The van der Waals surface area contributed by atoms with E-state index >= 15 is 0 Å². The maximum absolute atomic E-state index is 13.8. The summed E-state index contributed by atoms with van der Waals surface area (Å²) < 4.78 is 53.5. The zero-order valence-electron chi connectivity index (χ0n) is 17.8. The van der Waals surface area contributed by atoms with Crippen molar-refractivity contribution < 1.29 is 27.4 Å². The largest absolute Gasteiger partial charge is 0.490 e. The molecule has 3 aromatic rings. The van der Waals surface area contributed by atoms with Crippen molar-refractivity contribution in [2.24, 2.45) is 0 Å². The Bertz CT molecular complexity index is 1050. The lowest BCUT2D eigenvalue weighted by atomic mass is 10.2. The standard InChI is InChI=1S/C23H24F3N3O3/c1-3-12-31-19-11-10-16(14-20(19)32-13-4-2)28-22(30)18-15-27-29(21(18)23(24,25)26)17-8-6-5-7-9-17/h5-11,14-15H,3-4,12-13H2,1-2H3,(H,28,30). The molecule has 9 heteroatoms. The van der Waals surface area contributed by atoms with Crippen molar-refractivity contribution in [3.8, 4) is 17.2 Å². The van der Waals surface area contributed by atoms with Crippen molar-refractivity contribution in [1.82, 2.24) is 9.78 Å². The van der Waals surface area contributed by atoms with E-state index < -0.39 is 23.3 Å². The number of alkyl halides is 3. The number of amides is 1. The Kier molecular flexibility index (Phi) is 7.40. The fourth-order valence-electron chi connectivity index (χ4n) is 2.99. The van der Waals surface area contributed by atoms with Crippen molar-refractivity contribution in [2.75, 3.05) is 18.5 Å². The fraction of sp³-hybridized carbons (Fsp3) is 0.304. The Morgan fingerprint density at radius 2 is 1.66 bits per heavy atom. The average Bonchev–Trinajstić information content (AvgIpc) is 3.24. The molecule has 0 aliphatic heterocycles. The summed E-state index contributed by atoms with van der Waals surface area (Å²) in [6.07, 6.45) is -2.31. The molecule has 0 atom stereocenters. The molecule has 2 aromatic carbocycles. The number of carbonyl (C=O) groups is 1. The highest BCUT2D eigenvalue weighted by Gasteiger charge is 2.40. The molecule has 0 saturated carbocycles. The van der Waals surface area contributed by atoms with Crippen LogP contribution in [0.25, 0.3) is 5.69 Å². The minimum Gasteiger partial charge on any atom is -0.490 e. The first-order chi connectivity index (χ1) is 15.3. The minimum absolute atomic E-state index is 0.201. The molecule has 0 unspecified atom stereocenters. The molecule has 0 aliphatic rings. The summed E-state index contributed by atoms with van der Waals surface area (Å²) in [5.41, 5.74) is -1.24. The number of hydrogen-bond donors (Lipinski definition) is 1. The van der Waals surface area contributed by atoms with Crippen molar-refractivity contribution in [2.45, 2.75) is 32.9 Å². The minimum atomic E-state index is -4.79. The molecule has 0 aliphatic carbocycles. The molecule has 0 fully saturated rings. The molecule has 1 heterocycles. The van der Waals surface area contributed by atoms with Crippen LogP contribution < -0.4 is 14.8 Å². The van der Waals surface area contributed by atoms with Crippen LogP contribution in [0.1, 0.15) is 42.7 Å². The molecule has 0 saturated heterocycles. The Labute approximate surface area is 184 Å². The molecule has 170 valence electrons. The zero-order chi connectivity index (χ0) is 23.1. The molecular formula is C23H24F3N3O3. The molecular weight excluding hydrogens is 423 g/mol. The number of nitrogens with zero attached hydrogens (tertiary/aromatic N) is 2. The van der Waals surface area contributed by atoms with Gasteiger partial charge in [-0.25, -0.2) is 4.68 Å². The van der Waals surface area contributed by atoms with E-state index in [0.717, 1.165) is 19.0 Å². The molecule has 32 heavy (non-hydrogen) atoms. The van der Waals surface area contributed by atoms with Gasteiger partial charge in [-0.3, -0.25) is 4.79 Å². The number of benzene rings is 2. The van der Waals surface area contributed by atoms with Gasteiger partial charge in [0.05, 0.1) is 30.7 Å². The van der Waals surface area contributed by atoms with E-state index in [0.29, 0.717) is 29.4 Å². The SMILES string of the molecule is CCCOc1ccc(NC(=O)c2cnn(-c3ccccc3)c2C(F)(F)F)cc1OCCC.